The number of nitro groups is 1. The summed E-state index contributed by atoms with van der Waals surface area (Å²) in [5, 5.41) is 14.4. The van der Waals surface area contributed by atoms with E-state index in [0.29, 0.717) is 5.56 Å². The summed E-state index contributed by atoms with van der Waals surface area (Å²) in [6.45, 7) is 0. The van der Waals surface area contributed by atoms with Gasteiger partial charge in [0.1, 0.15) is 0 Å². The average Bonchev–Trinajstić information content (AvgIpc) is 2.48. The SMILES string of the molecule is O=C(NN=Cc1ccc([N+](=O)[O-])cc1)C1CCCCC1. The second kappa shape index (κ2) is 6.79. The lowest BCUT2D eigenvalue weighted by molar-refractivity contribution is -0.384. The number of carbonyl (C=O) groups is 1. The lowest BCUT2D eigenvalue weighted by atomic mass is 9.89. The first-order valence-electron chi connectivity index (χ1n) is 6.74. The van der Waals surface area contributed by atoms with Crippen LogP contribution in [-0.2, 0) is 4.79 Å². The molecule has 20 heavy (non-hydrogen) atoms. The number of hydrazone groups is 1. The minimum absolute atomic E-state index is 0.0355. The van der Waals surface area contributed by atoms with E-state index >= 15 is 0 Å². The van der Waals surface area contributed by atoms with Crippen molar-refractivity contribution < 1.29 is 9.72 Å². The van der Waals surface area contributed by atoms with E-state index in [0.717, 1.165) is 25.7 Å². The van der Waals surface area contributed by atoms with E-state index in [-0.39, 0.29) is 17.5 Å². The Morgan fingerprint density at radius 3 is 2.50 bits per heavy atom. The number of hydrogen-bond donors (Lipinski definition) is 1. The van der Waals surface area contributed by atoms with Crippen molar-refractivity contribution >= 4 is 17.8 Å². The number of nitrogens with one attached hydrogen (secondary N) is 1. The van der Waals surface area contributed by atoms with Gasteiger partial charge in [0.05, 0.1) is 11.1 Å². The molecule has 6 heteroatoms. The number of carbonyl (C=O) groups excluding carboxylic acids is 1. The van der Waals surface area contributed by atoms with E-state index in [4.69, 9.17) is 0 Å². The van der Waals surface area contributed by atoms with Crippen molar-refractivity contribution in [2.24, 2.45) is 11.0 Å². The summed E-state index contributed by atoms with van der Waals surface area (Å²) in [7, 11) is 0. The maximum absolute atomic E-state index is 11.8. The molecule has 106 valence electrons. The van der Waals surface area contributed by atoms with Crippen LogP contribution in [0, 0.1) is 16.0 Å². The monoisotopic (exact) mass is 275 g/mol. The van der Waals surface area contributed by atoms with E-state index in [1.807, 2.05) is 0 Å². The number of hydrogen-bond acceptors (Lipinski definition) is 4. The number of amides is 1. The molecule has 1 aromatic rings. The molecular formula is C14H17N3O3. The highest BCUT2D eigenvalue weighted by molar-refractivity contribution is 5.83. The minimum Gasteiger partial charge on any atom is -0.273 e. The summed E-state index contributed by atoms with van der Waals surface area (Å²) in [6, 6.07) is 6.00. The fourth-order valence-electron chi connectivity index (χ4n) is 2.31. The van der Waals surface area contributed by atoms with Crippen molar-refractivity contribution in [1.29, 1.82) is 0 Å². The number of benzene rings is 1. The predicted octanol–water partition coefficient (Wildman–Crippen LogP) is 2.63. The molecule has 1 aromatic carbocycles. The first kappa shape index (κ1) is 14.2. The topological polar surface area (TPSA) is 84.6 Å². The van der Waals surface area contributed by atoms with Crippen molar-refractivity contribution in [3.63, 3.8) is 0 Å². The van der Waals surface area contributed by atoms with E-state index in [1.54, 1.807) is 12.1 Å². The van der Waals surface area contributed by atoms with E-state index < -0.39 is 4.92 Å². The molecule has 0 atom stereocenters. The van der Waals surface area contributed by atoms with Gasteiger partial charge in [0.25, 0.3) is 5.69 Å². The summed E-state index contributed by atoms with van der Waals surface area (Å²) >= 11 is 0. The highest BCUT2D eigenvalue weighted by Gasteiger charge is 2.20. The third kappa shape index (κ3) is 3.88. The molecule has 0 bridgehead atoms. The standard InChI is InChI=1S/C14H17N3O3/c18-14(12-4-2-1-3-5-12)16-15-10-11-6-8-13(9-7-11)17(19)20/h6-10,12H,1-5H2,(H,16,18). The lowest BCUT2D eigenvalue weighted by Gasteiger charge is -2.19. The summed E-state index contributed by atoms with van der Waals surface area (Å²) in [5.41, 5.74) is 3.28. The fraction of sp³-hybridized carbons (Fsp3) is 0.429. The van der Waals surface area contributed by atoms with Crippen LogP contribution in [0.1, 0.15) is 37.7 Å². The average molecular weight is 275 g/mol. The number of nitro benzene ring substituents is 1. The highest BCUT2D eigenvalue weighted by atomic mass is 16.6. The number of non-ortho nitro benzene ring substituents is 1. The van der Waals surface area contributed by atoms with Gasteiger partial charge in [-0.25, -0.2) is 5.43 Å². The maximum Gasteiger partial charge on any atom is 0.269 e. The summed E-state index contributed by atoms with van der Waals surface area (Å²) in [4.78, 5) is 21.9. The Kier molecular flexibility index (Phi) is 4.81. The van der Waals surface area contributed by atoms with Crippen LogP contribution in [0.15, 0.2) is 29.4 Å². The van der Waals surface area contributed by atoms with Crippen LogP contribution in [0.25, 0.3) is 0 Å². The Labute approximate surface area is 117 Å². The van der Waals surface area contributed by atoms with Crippen molar-refractivity contribution in [3.8, 4) is 0 Å². The van der Waals surface area contributed by atoms with Crippen LogP contribution in [-0.4, -0.2) is 17.0 Å². The largest absolute Gasteiger partial charge is 0.273 e. The quantitative estimate of drug-likeness (QED) is 0.520. The van der Waals surface area contributed by atoms with Gasteiger partial charge in [-0.3, -0.25) is 14.9 Å². The normalized spacial score (nSPS) is 16.2. The molecule has 6 nitrogen and oxygen atoms in total. The van der Waals surface area contributed by atoms with Crippen LogP contribution in [0.4, 0.5) is 5.69 Å². The third-order valence-corrected chi connectivity index (χ3v) is 3.47. The molecule has 2 rings (SSSR count). The van der Waals surface area contributed by atoms with Crippen molar-refractivity contribution in [2.75, 3.05) is 0 Å². The number of rotatable bonds is 4. The zero-order valence-electron chi connectivity index (χ0n) is 11.1. The molecule has 0 radical (unpaired) electrons. The Morgan fingerprint density at radius 2 is 1.90 bits per heavy atom. The molecule has 1 N–H and O–H groups in total. The smallest absolute Gasteiger partial charge is 0.269 e. The molecule has 0 saturated heterocycles. The molecular weight excluding hydrogens is 258 g/mol. The number of nitrogens with zero attached hydrogens (tertiary/aromatic N) is 2. The molecule has 1 fully saturated rings. The molecule has 0 unspecified atom stereocenters. The van der Waals surface area contributed by atoms with Gasteiger partial charge < -0.3 is 0 Å². The first-order chi connectivity index (χ1) is 9.66. The van der Waals surface area contributed by atoms with Crippen molar-refractivity contribution in [3.05, 3.63) is 39.9 Å². The van der Waals surface area contributed by atoms with Crippen LogP contribution in [0.5, 0.6) is 0 Å². The Bertz CT molecular complexity index is 505. The highest BCUT2D eigenvalue weighted by Crippen LogP contribution is 2.23. The lowest BCUT2D eigenvalue weighted by Crippen LogP contribution is -2.28. The Balaban J connectivity index is 1.86. The molecule has 1 amide bonds. The van der Waals surface area contributed by atoms with Gasteiger partial charge >= 0.3 is 0 Å². The van der Waals surface area contributed by atoms with Crippen LogP contribution in [0.3, 0.4) is 0 Å². The van der Waals surface area contributed by atoms with E-state index in [1.165, 1.54) is 24.8 Å². The van der Waals surface area contributed by atoms with E-state index in [2.05, 4.69) is 10.5 Å². The molecule has 1 aliphatic rings. The fourth-order valence-corrected chi connectivity index (χ4v) is 2.31. The zero-order valence-corrected chi connectivity index (χ0v) is 11.1. The van der Waals surface area contributed by atoms with Crippen LogP contribution < -0.4 is 5.43 Å². The third-order valence-electron chi connectivity index (χ3n) is 3.47. The first-order valence-corrected chi connectivity index (χ1v) is 6.74. The Hall–Kier alpha value is -2.24. The summed E-state index contributed by atoms with van der Waals surface area (Å²) in [5.74, 6) is 0.0284. The minimum atomic E-state index is -0.453. The maximum atomic E-state index is 11.8. The molecule has 1 aliphatic carbocycles. The Morgan fingerprint density at radius 1 is 1.25 bits per heavy atom. The van der Waals surface area contributed by atoms with Crippen LogP contribution in [0.2, 0.25) is 0 Å². The molecule has 0 heterocycles. The van der Waals surface area contributed by atoms with Gasteiger partial charge in [-0.2, -0.15) is 5.10 Å². The summed E-state index contributed by atoms with van der Waals surface area (Å²) in [6.07, 6.45) is 6.76. The van der Waals surface area contributed by atoms with Gasteiger partial charge in [-0.05, 0) is 30.5 Å². The van der Waals surface area contributed by atoms with Gasteiger partial charge in [0.15, 0.2) is 0 Å². The van der Waals surface area contributed by atoms with Gasteiger partial charge in [0, 0.05) is 18.1 Å². The van der Waals surface area contributed by atoms with Crippen molar-refractivity contribution in [1.82, 2.24) is 5.43 Å². The van der Waals surface area contributed by atoms with Gasteiger partial charge in [-0.15, -0.1) is 0 Å². The zero-order chi connectivity index (χ0) is 14.4. The van der Waals surface area contributed by atoms with E-state index in [9.17, 15) is 14.9 Å². The van der Waals surface area contributed by atoms with Crippen molar-refractivity contribution in [2.45, 2.75) is 32.1 Å². The van der Waals surface area contributed by atoms with Gasteiger partial charge in [0.2, 0.25) is 5.91 Å². The second-order valence-corrected chi connectivity index (χ2v) is 4.92. The molecule has 0 spiro atoms. The molecule has 0 aliphatic heterocycles. The van der Waals surface area contributed by atoms with Crippen LogP contribution >= 0.6 is 0 Å². The second-order valence-electron chi connectivity index (χ2n) is 4.92. The molecule has 0 aromatic heterocycles. The molecule has 1 saturated carbocycles. The van der Waals surface area contributed by atoms with Gasteiger partial charge in [-0.1, -0.05) is 19.3 Å². The summed E-state index contributed by atoms with van der Waals surface area (Å²) < 4.78 is 0. The predicted molar refractivity (Wildman–Crippen MR) is 75.4 cm³/mol.